The fourth-order valence-corrected chi connectivity index (χ4v) is 1.56. The molecular formula is C14H18N4O. The molecule has 0 saturated carbocycles. The zero-order chi connectivity index (χ0) is 13.8. The van der Waals surface area contributed by atoms with E-state index >= 15 is 0 Å². The van der Waals surface area contributed by atoms with Gasteiger partial charge >= 0.3 is 0 Å². The molecule has 0 saturated heterocycles. The van der Waals surface area contributed by atoms with Crippen LogP contribution in [0, 0.1) is 12.8 Å². The lowest BCUT2D eigenvalue weighted by molar-refractivity contribution is 0.0938. The number of rotatable bonds is 4. The van der Waals surface area contributed by atoms with Crippen molar-refractivity contribution in [3.8, 4) is 5.69 Å². The highest BCUT2D eigenvalue weighted by Gasteiger charge is 2.11. The minimum absolute atomic E-state index is 0.196. The molecule has 100 valence electrons. The second kappa shape index (κ2) is 5.65. The van der Waals surface area contributed by atoms with E-state index in [1.807, 2.05) is 45.0 Å². The highest BCUT2D eigenvalue weighted by molar-refractivity contribution is 5.90. The number of aryl methyl sites for hydroxylation is 1. The largest absolute Gasteiger partial charge is 0.349 e. The van der Waals surface area contributed by atoms with Crippen molar-refractivity contribution < 1.29 is 4.79 Å². The van der Waals surface area contributed by atoms with Crippen molar-refractivity contribution >= 4 is 5.91 Å². The summed E-state index contributed by atoms with van der Waals surface area (Å²) >= 11 is 0. The van der Waals surface area contributed by atoms with Gasteiger partial charge in [0, 0.05) is 6.54 Å². The highest BCUT2D eigenvalue weighted by Crippen LogP contribution is 2.07. The predicted octanol–water partition coefficient (Wildman–Crippen LogP) is 1.96. The average molecular weight is 258 g/mol. The van der Waals surface area contributed by atoms with E-state index in [9.17, 15) is 4.79 Å². The third kappa shape index (κ3) is 3.40. The van der Waals surface area contributed by atoms with Gasteiger partial charge in [-0.15, -0.1) is 5.10 Å². The summed E-state index contributed by atoms with van der Waals surface area (Å²) in [5.74, 6) is 0.365. The third-order valence-corrected chi connectivity index (χ3v) is 2.66. The molecule has 1 heterocycles. The van der Waals surface area contributed by atoms with Crippen molar-refractivity contribution in [1.82, 2.24) is 20.1 Å². The maximum Gasteiger partial charge on any atom is 0.290 e. The van der Waals surface area contributed by atoms with Crippen LogP contribution < -0.4 is 5.32 Å². The van der Waals surface area contributed by atoms with E-state index in [4.69, 9.17) is 0 Å². The van der Waals surface area contributed by atoms with Gasteiger partial charge in [-0.2, -0.15) is 0 Å². The molecule has 0 fully saturated rings. The van der Waals surface area contributed by atoms with Gasteiger partial charge in [-0.25, -0.2) is 9.67 Å². The van der Waals surface area contributed by atoms with Gasteiger partial charge < -0.3 is 5.32 Å². The van der Waals surface area contributed by atoms with Crippen molar-refractivity contribution in [3.63, 3.8) is 0 Å². The zero-order valence-electron chi connectivity index (χ0n) is 11.4. The molecule has 0 aliphatic heterocycles. The summed E-state index contributed by atoms with van der Waals surface area (Å²) in [7, 11) is 0. The van der Waals surface area contributed by atoms with E-state index in [0.717, 1.165) is 5.69 Å². The molecule has 1 aromatic heterocycles. The van der Waals surface area contributed by atoms with Crippen LogP contribution in [-0.4, -0.2) is 27.2 Å². The molecule has 1 N–H and O–H groups in total. The minimum Gasteiger partial charge on any atom is -0.349 e. The van der Waals surface area contributed by atoms with Gasteiger partial charge in [0.25, 0.3) is 5.91 Å². The normalized spacial score (nSPS) is 10.7. The fourth-order valence-electron chi connectivity index (χ4n) is 1.56. The Balaban J connectivity index is 2.10. The molecule has 5 heteroatoms. The molecule has 1 amide bonds. The lowest BCUT2D eigenvalue weighted by atomic mass is 10.2. The number of amides is 1. The highest BCUT2D eigenvalue weighted by atomic mass is 16.2. The Morgan fingerprint density at radius 1 is 1.32 bits per heavy atom. The molecule has 0 unspecified atom stereocenters. The van der Waals surface area contributed by atoms with E-state index < -0.39 is 0 Å². The maximum atomic E-state index is 11.8. The Kier molecular flexibility index (Phi) is 3.94. The van der Waals surface area contributed by atoms with Crippen LogP contribution in [-0.2, 0) is 0 Å². The number of aromatic nitrogens is 3. The molecule has 2 aromatic rings. The lowest BCUT2D eigenvalue weighted by Crippen LogP contribution is -2.28. The second-order valence-electron chi connectivity index (χ2n) is 4.95. The SMILES string of the molecule is Cc1ccc(-n2cnc(C(=O)NCC(C)C)n2)cc1. The van der Waals surface area contributed by atoms with Crippen LogP contribution in [0.2, 0.25) is 0 Å². The second-order valence-corrected chi connectivity index (χ2v) is 4.95. The number of benzene rings is 1. The van der Waals surface area contributed by atoms with Crippen molar-refractivity contribution in [1.29, 1.82) is 0 Å². The van der Waals surface area contributed by atoms with E-state index in [1.54, 1.807) is 11.0 Å². The van der Waals surface area contributed by atoms with Crippen LogP contribution >= 0.6 is 0 Å². The van der Waals surface area contributed by atoms with Crippen LogP contribution in [0.5, 0.6) is 0 Å². The Hall–Kier alpha value is -2.17. The van der Waals surface area contributed by atoms with Gasteiger partial charge in [0.2, 0.25) is 5.82 Å². The summed E-state index contributed by atoms with van der Waals surface area (Å²) in [5, 5.41) is 6.98. The molecule has 0 atom stereocenters. The van der Waals surface area contributed by atoms with Gasteiger partial charge in [-0.1, -0.05) is 31.5 Å². The topological polar surface area (TPSA) is 59.8 Å². The summed E-state index contributed by atoms with van der Waals surface area (Å²) in [5.41, 5.74) is 2.07. The summed E-state index contributed by atoms with van der Waals surface area (Å²) < 4.78 is 1.60. The summed E-state index contributed by atoms with van der Waals surface area (Å²) in [6.45, 7) is 6.73. The predicted molar refractivity (Wildman–Crippen MR) is 73.3 cm³/mol. The van der Waals surface area contributed by atoms with Crippen molar-refractivity contribution in [3.05, 3.63) is 42.0 Å². The van der Waals surface area contributed by atoms with Crippen LogP contribution in [0.1, 0.15) is 30.0 Å². The van der Waals surface area contributed by atoms with Crippen molar-refractivity contribution in [2.75, 3.05) is 6.54 Å². The Bertz CT molecular complexity index is 557. The van der Waals surface area contributed by atoms with Gasteiger partial charge in [-0.05, 0) is 25.0 Å². The number of hydrogen-bond donors (Lipinski definition) is 1. The summed E-state index contributed by atoms with van der Waals surface area (Å²) in [4.78, 5) is 15.8. The number of nitrogens with one attached hydrogen (secondary N) is 1. The van der Waals surface area contributed by atoms with E-state index in [2.05, 4.69) is 15.4 Å². The van der Waals surface area contributed by atoms with Crippen molar-refractivity contribution in [2.24, 2.45) is 5.92 Å². The van der Waals surface area contributed by atoms with Crippen LogP contribution in [0.3, 0.4) is 0 Å². The minimum atomic E-state index is -0.237. The quantitative estimate of drug-likeness (QED) is 0.912. The lowest BCUT2D eigenvalue weighted by Gasteiger charge is -2.04. The van der Waals surface area contributed by atoms with Gasteiger partial charge in [-0.3, -0.25) is 4.79 Å². The first-order chi connectivity index (χ1) is 9.06. The molecule has 5 nitrogen and oxygen atoms in total. The number of carbonyl (C=O) groups is 1. The third-order valence-electron chi connectivity index (χ3n) is 2.66. The zero-order valence-corrected chi connectivity index (χ0v) is 11.4. The van der Waals surface area contributed by atoms with E-state index in [0.29, 0.717) is 12.5 Å². The molecule has 19 heavy (non-hydrogen) atoms. The Morgan fingerprint density at radius 3 is 2.63 bits per heavy atom. The molecular weight excluding hydrogens is 240 g/mol. The Morgan fingerprint density at radius 2 is 2.00 bits per heavy atom. The summed E-state index contributed by atoms with van der Waals surface area (Å²) in [6.07, 6.45) is 1.55. The van der Waals surface area contributed by atoms with Crippen molar-refractivity contribution in [2.45, 2.75) is 20.8 Å². The molecule has 0 bridgehead atoms. The number of carbonyl (C=O) groups excluding carboxylic acids is 1. The number of nitrogens with zero attached hydrogens (tertiary/aromatic N) is 3. The smallest absolute Gasteiger partial charge is 0.290 e. The van der Waals surface area contributed by atoms with Gasteiger partial charge in [0.15, 0.2) is 0 Å². The molecule has 0 aliphatic carbocycles. The number of hydrogen-bond acceptors (Lipinski definition) is 3. The van der Waals surface area contributed by atoms with E-state index in [1.165, 1.54) is 5.56 Å². The molecule has 0 aliphatic rings. The van der Waals surface area contributed by atoms with Crippen LogP contribution in [0.4, 0.5) is 0 Å². The molecule has 0 radical (unpaired) electrons. The average Bonchev–Trinajstić information content (AvgIpc) is 2.86. The first-order valence-corrected chi connectivity index (χ1v) is 6.33. The van der Waals surface area contributed by atoms with Gasteiger partial charge in [0.05, 0.1) is 5.69 Å². The first kappa shape index (κ1) is 13.3. The first-order valence-electron chi connectivity index (χ1n) is 6.33. The van der Waals surface area contributed by atoms with E-state index in [-0.39, 0.29) is 11.7 Å². The monoisotopic (exact) mass is 258 g/mol. The Labute approximate surface area is 112 Å². The maximum absolute atomic E-state index is 11.8. The summed E-state index contributed by atoms with van der Waals surface area (Å²) in [6, 6.07) is 7.88. The standard InChI is InChI=1S/C14H18N4O/c1-10(2)8-15-14(19)13-16-9-18(17-13)12-6-4-11(3)5-7-12/h4-7,9-10H,8H2,1-3H3,(H,15,19). The molecule has 1 aromatic carbocycles. The molecule has 2 rings (SSSR count). The van der Waals surface area contributed by atoms with Gasteiger partial charge in [0.1, 0.15) is 6.33 Å². The van der Waals surface area contributed by atoms with Crippen LogP contribution in [0.25, 0.3) is 5.69 Å². The molecule has 0 spiro atoms. The van der Waals surface area contributed by atoms with Crippen LogP contribution in [0.15, 0.2) is 30.6 Å². The fraction of sp³-hybridized carbons (Fsp3) is 0.357.